The van der Waals surface area contributed by atoms with Crippen LogP contribution in [0.25, 0.3) is 0 Å². The Morgan fingerprint density at radius 3 is 2.87 bits per heavy atom. The molecule has 1 aromatic heterocycles. The molecule has 0 fully saturated rings. The third kappa shape index (κ3) is 4.89. The lowest BCUT2D eigenvalue weighted by Gasteiger charge is -2.13. The summed E-state index contributed by atoms with van der Waals surface area (Å²) in [4.78, 5) is 1.37. The Labute approximate surface area is 109 Å². The molecule has 15 heavy (non-hydrogen) atoms. The summed E-state index contributed by atoms with van der Waals surface area (Å²) in [5, 5.41) is 2.83. The van der Waals surface area contributed by atoms with Crippen LogP contribution in [0.1, 0.15) is 25.1 Å². The van der Waals surface area contributed by atoms with E-state index in [1.807, 2.05) is 11.8 Å². The fourth-order valence-corrected chi connectivity index (χ4v) is 3.71. The van der Waals surface area contributed by atoms with Crippen molar-refractivity contribution in [3.05, 3.63) is 20.8 Å². The van der Waals surface area contributed by atoms with E-state index < -0.39 is 0 Å². The first kappa shape index (κ1) is 13.6. The van der Waals surface area contributed by atoms with Crippen molar-refractivity contribution in [3.63, 3.8) is 0 Å². The van der Waals surface area contributed by atoms with Crippen LogP contribution >= 0.6 is 39.0 Å². The summed E-state index contributed by atoms with van der Waals surface area (Å²) in [5.41, 5.74) is 6.10. The minimum atomic E-state index is 0.277. The summed E-state index contributed by atoms with van der Waals surface area (Å²) in [6.07, 6.45) is 2.21. The summed E-state index contributed by atoms with van der Waals surface area (Å²) in [5.74, 6) is 1.05. The monoisotopic (exact) mass is 307 g/mol. The van der Waals surface area contributed by atoms with Crippen LogP contribution in [0.3, 0.4) is 0 Å². The first-order chi connectivity index (χ1) is 7.13. The van der Waals surface area contributed by atoms with E-state index in [1.165, 1.54) is 15.8 Å². The molecule has 0 saturated carbocycles. The summed E-state index contributed by atoms with van der Waals surface area (Å²) in [6, 6.07) is 2.37. The second-order valence-corrected chi connectivity index (χ2v) is 7.03. The van der Waals surface area contributed by atoms with Crippen molar-refractivity contribution in [1.82, 2.24) is 0 Å². The van der Waals surface area contributed by atoms with E-state index >= 15 is 0 Å². The van der Waals surface area contributed by atoms with Gasteiger partial charge in [-0.15, -0.1) is 11.3 Å². The number of thiophene rings is 1. The highest BCUT2D eigenvalue weighted by atomic mass is 79.9. The molecule has 0 amide bonds. The van der Waals surface area contributed by atoms with Crippen molar-refractivity contribution in [3.8, 4) is 0 Å². The molecule has 86 valence electrons. The number of thioether (sulfide) groups is 1. The van der Waals surface area contributed by atoms with Crippen molar-refractivity contribution in [2.75, 3.05) is 5.75 Å². The number of hydrogen-bond donors (Lipinski definition) is 1. The zero-order valence-electron chi connectivity index (χ0n) is 9.20. The maximum atomic E-state index is 6.10. The van der Waals surface area contributed by atoms with Crippen LogP contribution in [0.4, 0.5) is 0 Å². The number of hydrogen-bond acceptors (Lipinski definition) is 3. The minimum Gasteiger partial charge on any atom is -0.327 e. The number of nitrogens with two attached hydrogens (primary N) is 1. The summed E-state index contributed by atoms with van der Waals surface area (Å²) >= 11 is 7.29. The quantitative estimate of drug-likeness (QED) is 0.862. The molecule has 0 bridgehead atoms. The predicted molar refractivity (Wildman–Crippen MR) is 75.9 cm³/mol. The van der Waals surface area contributed by atoms with Gasteiger partial charge in [-0.25, -0.2) is 0 Å². The van der Waals surface area contributed by atoms with Crippen LogP contribution in [0.5, 0.6) is 0 Å². The van der Waals surface area contributed by atoms with E-state index in [1.54, 1.807) is 11.3 Å². The van der Waals surface area contributed by atoms with Crippen molar-refractivity contribution in [1.29, 1.82) is 0 Å². The number of halogens is 1. The lowest BCUT2D eigenvalue weighted by atomic mass is 10.2. The molecule has 2 atom stereocenters. The largest absolute Gasteiger partial charge is 0.327 e. The Morgan fingerprint density at radius 1 is 1.60 bits per heavy atom. The molecule has 1 heterocycles. The smallest absolute Gasteiger partial charge is 0.0314 e. The van der Waals surface area contributed by atoms with Crippen molar-refractivity contribution in [2.45, 2.75) is 38.0 Å². The Balaban J connectivity index is 2.30. The van der Waals surface area contributed by atoms with Crippen LogP contribution in [0, 0.1) is 0 Å². The van der Waals surface area contributed by atoms with Gasteiger partial charge in [-0.3, -0.25) is 0 Å². The molecule has 1 rings (SSSR count). The van der Waals surface area contributed by atoms with Crippen LogP contribution in [-0.4, -0.2) is 17.0 Å². The first-order valence-electron chi connectivity index (χ1n) is 5.22. The van der Waals surface area contributed by atoms with Gasteiger partial charge in [-0.1, -0.05) is 13.8 Å². The molecule has 2 N–H and O–H groups in total. The molecule has 0 radical (unpaired) electrons. The van der Waals surface area contributed by atoms with Gasteiger partial charge in [0.2, 0.25) is 0 Å². The lowest BCUT2D eigenvalue weighted by Crippen LogP contribution is -2.26. The lowest BCUT2D eigenvalue weighted by molar-refractivity contribution is 0.751. The van der Waals surface area contributed by atoms with Crippen molar-refractivity contribution < 1.29 is 0 Å². The van der Waals surface area contributed by atoms with E-state index in [-0.39, 0.29) is 6.04 Å². The molecule has 0 aromatic carbocycles. The van der Waals surface area contributed by atoms with Crippen molar-refractivity contribution >= 4 is 39.0 Å². The zero-order chi connectivity index (χ0) is 11.3. The van der Waals surface area contributed by atoms with Crippen LogP contribution in [0.2, 0.25) is 0 Å². The van der Waals surface area contributed by atoms with Gasteiger partial charge >= 0.3 is 0 Å². The van der Waals surface area contributed by atoms with Crippen LogP contribution < -0.4 is 5.73 Å². The molecule has 1 nitrogen and oxygen atoms in total. The van der Waals surface area contributed by atoms with E-state index in [4.69, 9.17) is 5.73 Å². The second-order valence-electron chi connectivity index (χ2n) is 3.71. The molecule has 2 unspecified atom stereocenters. The van der Waals surface area contributed by atoms with E-state index in [0.29, 0.717) is 0 Å². The summed E-state index contributed by atoms with van der Waals surface area (Å²) in [6.45, 7) is 4.48. The third-order valence-corrected chi connectivity index (χ3v) is 5.78. The van der Waals surface area contributed by atoms with Gasteiger partial charge in [0.15, 0.2) is 0 Å². The van der Waals surface area contributed by atoms with Gasteiger partial charge in [0.05, 0.1) is 0 Å². The van der Waals surface area contributed by atoms with Gasteiger partial charge in [0, 0.05) is 26.4 Å². The van der Waals surface area contributed by atoms with Crippen LogP contribution in [0.15, 0.2) is 15.9 Å². The first-order valence-corrected chi connectivity index (χ1v) is 7.94. The van der Waals surface area contributed by atoms with Gasteiger partial charge in [-0.05, 0) is 40.2 Å². The van der Waals surface area contributed by atoms with Gasteiger partial charge in [-0.2, -0.15) is 11.8 Å². The normalized spacial score (nSPS) is 15.2. The van der Waals surface area contributed by atoms with E-state index in [9.17, 15) is 0 Å². The highest BCUT2D eigenvalue weighted by Crippen LogP contribution is 2.24. The molecular formula is C11H18BrNS2. The topological polar surface area (TPSA) is 26.0 Å². The summed E-state index contributed by atoms with van der Waals surface area (Å²) in [7, 11) is 0. The second kappa shape index (κ2) is 6.94. The highest BCUT2D eigenvalue weighted by molar-refractivity contribution is 9.10. The van der Waals surface area contributed by atoms with Gasteiger partial charge in [0.1, 0.15) is 0 Å². The summed E-state index contributed by atoms with van der Waals surface area (Å²) < 4.78 is 1.21. The Hall–Kier alpha value is 0.490. The minimum absolute atomic E-state index is 0.277. The molecular weight excluding hydrogens is 290 g/mol. The van der Waals surface area contributed by atoms with Gasteiger partial charge < -0.3 is 5.73 Å². The zero-order valence-corrected chi connectivity index (χ0v) is 12.4. The fraction of sp³-hybridized carbons (Fsp3) is 0.636. The molecule has 0 saturated heterocycles. The molecule has 0 spiro atoms. The SMILES string of the molecule is CCC(C)SCC(N)Cc1sccc1Br. The van der Waals surface area contributed by atoms with Gasteiger partial charge in [0.25, 0.3) is 0 Å². The van der Waals surface area contributed by atoms with E-state index in [2.05, 4.69) is 41.2 Å². The molecule has 0 aliphatic heterocycles. The highest BCUT2D eigenvalue weighted by Gasteiger charge is 2.09. The maximum absolute atomic E-state index is 6.10. The van der Waals surface area contributed by atoms with Crippen molar-refractivity contribution in [2.24, 2.45) is 5.73 Å². The molecule has 0 aliphatic rings. The molecule has 1 aromatic rings. The number of rotatable bonds is 6. The molecule has 0 aliphatic carbocycles. The third-order valence-electron chi connectivity index (χ3n) is 2.31. The molecule has 4 heteroatoms. The maximum Gasteiger partial charge on any atom is 0.0314 e. The fourth-order valence-electron chi connectivity index (χ4n) is 1.17. The Morgan fingerprint density at radius 2 is 2.33 bits per heavy atom. The average molecular weight is 308 g/mol. The standard InChI is InChI=1S/C11H18BrNS2/c1-3-8(2)15-7-9(13)6-11-10(12)4-5-14-11/h4-5,8-9H,3,6-7,13H2,1-2H3. The predicted octanol–water partition coefficient (Wildman–Crippen LogP) is 3.91. The average Bonchev–Trinajstić information content (AvgIpc) is 2.61. The van der Waals surface area contributed by atoms with E-state index in [0.717, 1.165) is 17.4 Å². The Bertz CT molecular complexity index is 288. The van der Waals surface area contributed by atoms with Crippen LogP contribution in [-0.2, 0) is 6.42 Å². The Kier molecular flexibility index (Phi) is 6.27.